The summed E-state index contributed by atoms with van der Waals surface area (Å²) in [7, 11) is 0. The molecule has 0 fully saturated rings. The molecule has 4 heteroatoms. The van der Waals surface area contributed by atoms with Gasteiger partial charge in [-0.1, -0.05) is 63.3 Å². The first kappa shape index (κ1) is 20.9. The fourth-order valence-corrected chi connectivity index (χ4v) is 2.13. The Balaban J connectivity index is 3.19. The molecule has 128 valence electrons. The Bertz CT molecular complexity index is 297. The van der Waals surface area contributed by atoms with Gasteiger partial charge in [0.25, 0.3) is 0 Å². The third kappa shape index (κ3) is 16.9. The highest BCUT2D eigenvalue weighted by Gasteiger charge is 2.00. The van der Waals surface area contributed by atoms with E-state index in [4.69, 9.17) is 5.26 Å². The molecule has 0 aromatic carbocycles. The summed E-state index contributed by atoms with van der Waals surface area (Å²) in [4.78, 5) is 14.8. The lowest BCUT2D eigenvalue weighted by molar-refractivity contribution is -0.462. The topological polar surface area (TPSA) is 55.8 Å². The molecule has 22 heavy (non-hydrogen) atoms. The molecule has 0 rings (SSSR count). The second kappa shape index (κ2) is 17.9. The molecule has 0 bridgehead atoms. The first-order valence-corrected chi connectivity index (χ1v) is 8.62. The van der Waals surface area contributed by atoms with Crippen LogP contribution in [0.2, 0.25) is 0 Å². The zero-order chi connectivity index (χ0) is 16.3. The van der Waals surface area contributed by atoms with E-state index in [1.165, 1.54) is 57.8 Å². The second-order valence-electron chi connectivity index (χ2n) is 5.50. The van der Waals surface area contributed by atoms with Crippen molar-refractivity contribution in [2.45, 2.75) is 84.0 Å². The van der Waals surface area contributed by atoms with Gasteiger partial charge in [0.05, 0.1) is 6.42 Å². The third-order valence-corrected chi connectivity index (χ3v) is 3.44. The smallest absolute Gasteiger partial charge is 0.269 e. The lowest BCUT2D eigenvalue weighted by Gasteiger charge is -1.98. The maximum Gasteiger partial charge on any atom is 0.345 e. The molecule has 4 nitrogen and oxygen atoms in total. The standard InChI is InChI=1S/C18H32O4/c1-2-3-4-5-6-7-8-9-10-11-12-13-14-15-16-17-18(19)21-22-20/h5-6,14-15,20H,2-4,7-13,16-17H2,1H3/b6-5+,15-14+. The van der Waals surface area contributed by atoms with Crippen LogP contribution in [0.15, 0.2) is 24.3 Å². The Morgan fingerprint density at radius 3 is 1.86 bits per heavy atom. The summed E-state index contributed by atoms with van der Waals surface area (Å²) in [6.07, 6.45) is 22.0. The molecular formula is C18H32O4. The highest BCUT2D eigenvalue weighted by Crippen LogP contribution is 2.09. The fraction of sp³-hybridized carbons (Fsp3) is 0.722. The Labute approximate surface area is 135 Å². The van der Waals surface area contributed by atoms with Gasteiger partial charge in [0.15, 0.2) is 0 Å². The number of allylic oxidation sites excluding steroid dienone is 4. The van der Waals surface area contributed by atoms with E-state index in [-0.39, 0.29) is 6.42 Å². The fourth-order valence-electron chi connectivity index (χ4n) is 2.13. The summed E-state index contributed by atoms with van der Waals surface area (Å²) in [5.41, 5.74) is 0. The normalized spacial score (nSPS) is 11.5. The SMILES string of the molecule is CCCC/C=C/CCCCCCC/C=C/CCC(=O)OOO. The molecule has 0 unspecified atom stereocenters. The zero-order valence-corrected chi connectivity index (χ0v) is 14.0. The molecule has 0 aromatic heterocycles. The first-order chi connectivity index (χ1) is 10.8. The average molecular weight is 312 g/mol. The molecule has 0 aliphatic heterocycles. The van der Waals surface area contributed by atoms with Crippen molar-refractivity contribution in [1.82, 2.24) is 0 Å². The van der Waals surface area contributed by atoms with Crippen molar-refractivity contribution in [3.05, 3.63) is 24.3 Å². The van der Waals surface area contributed by atoms with Gasteiger partial charge in [0.2, 0.25) is 0 Å². The second-order valence-corrected chi connectivity index (χ2v) is 5.50. The Kier molecular flexibility index (Phi) is 17.0. The maximum absolute atomic E-state index is 10.8. The Morgan fingerprint density at radius 1 is 0.818 bits per heavy atom. The van der Waals surface area contributed by atoms with Crippen molar-refractivity contribution in [2.75, 3.05) is 0 Å². The predicted molar refractivity (Wildman–Crippen MR) is 89.2 cm³/mol. The van der Waals surface area contributed by atoms with Gasteiger partial charge in [-0.05, 0) is 43.6 Å². The van der Waals surface area contributed by atoms with E-state index < -0.39 is 5.97 Å². The quantitative estimate of drug-likeness (QED) is 0.181. The number of hydrogen-bond acceptors (Lipinski definition) is 4. The van der Waals surface area contributed by atoms with Crippen molar-refractivity contribution >= 4 is 5.97 Å². The van der Waals surface area contributed by atoms with Crippen LogP contribution in [0, 0.1) is 0 Å². The summed E-state index contributed by atoms with van der Waals surface area (Å²) >= 11 is 0. The van der Waals surface area contributed by atoms with Crippen molar-refractivity contribution in [2.24, 2.45) is 0 Å². The summed E-state index contributed by atoms with van der Waals surface area (Å²) in [6, 6.07) is 0. The summed E-state index contributed by atoms with van der Waals surface area (Å²) in [6.45, 7) is 2.23. The van der Waals surface area contributed by atoms with Crippen molar-refractivity contribution in [3.63, 3.8) is 0 Å². The van der Waals surface area contributed by atoms with Crippen LogP contribution in [0.4, 0.5) is 0 Å². The van der Waals surface area contributed by atoms with Crippen LogP contribution < -0.4 is 0 Å². The van der Waals surface area contributed by atoms with E-state index in [0.717, 1.165) is 6.42 Å². The number of rotatable bonds is 15. The van der Waals surface area contributed by atoms with E-state index in [2.05, 4.69) is 35.1 Å². The summed E-state index contributed by atoms with van der Waals surface area (Å²) in [5.74, 6) is -0.559. The van der Waals surface area contributed by atoms with Gasteiger partial charge in [-0.3, -0.25) is 4.89 Å². The Hall–Kier alpha value is -1.13. The van der Waals surface area contributed by atoms with Gasteiger partial charge < -0.3 is 0 Å². The molecule has 0 saturated heterocycles. The average Bonchev–Trinajstić information content (AvgIpc) is 2.51. The van der Waals surface area contributed by atoms with Gasteiger partial charge in [0, 0.05) is 0 Å². The van der Waals surface area contributed by atoms with Crippen LogP contribution in [0.5, 0.6) is 0 Å². The van der Waals surface area contributed by atoms with Gasteiger partial charge >= 0.3 is 5.97 Å². The van der Waals surface area contributed by atoms with Crippen LogP contribution in [-0.4, -0.2) is 11.2 Å². The number of unbranched alkanes of at least 4 members (excludes halogenated alkanes) is 8. The van der Waals surface area contributed by atoms with E-state index in [0.29, 0.717) is 6.42 Å². The highest BCUT2D eigenvalue weighted by molar-refractivity contribution is 5.68. The molecule has 0 atom stereocenters. The lowest BCUT2D eigenvalue weighted by atomic mass is 10.1. The largest absolute Gasteiger partial charge is 0.345 e. The molecular weight excluding hydrogens is 280 g/mol. The molecule has 0 aromatic rings. The van der Waals surface area contributed by atoms with E-state index in [1.807, 2.05) is 6.08 Å². The summed E-state index contributed by atoms with van der Waals surface area (Å²) < 4.78 is 0. The van der Waals surface area contributed by atoms with Gasteiger partial charge in [-0.2, -0.15) is 0 Å². The minimum absolute atomic E-state index is 0.225. The maximum atomic E-state index is 10.8. The van der Waals surface area contributed by atoms with Crippen molar-refractivity contribution in [1.29, 1.82) is 0 Å². The summed E-state index contributed by atoms with van der Waals surface area (Å²) in [5, 5.41) is 11.2. The number of carbonyl (C=O) groups excluding carboxylic acids is 1. The molecule has 0 heterocycles. The van der Waals surface area contributed by atoms with Crippen LogP contribution in [0.1, 0.15) is 84.0 Å². The minimum atomic E-state index is -0.559. The van der Waals surface area contributed by atoms with Gasteiger partial charge in [0.1, 0.15) is 0 Å². The van der Waals surface area contributed by atoms with E-state index in [1.54, 1.807) is 0 Å². The molecule has 0 aliphatic rings. The lowest BCUT2D eigenvalue weighted by Crippen LogP contribution is -2.02. The number of carbonyl (C=O) groups is 1. The van der Waals surface area contributed by atoms with E-state index >= 15 is 0 Å². The molecule has 0 radical (unpaired) electrons. The molecule has 0 amide bonds. The van der Waals surface area contributed by atoms with Crippen LogP contribution >= 0.6 is 0 Å². The van der Waals surface area contributed by atoms with Crippen LogP contribution in [0.3, 0.4) is 0 Å². The van der Waals surface area contributed by atoms with Crippen molar-refractivity contribution < 1.29 is 20.0 Å². The van der Waals surface area contributed by atoms with Crippen LogP contribution in [-0.2, 0) is 14.7 Å². The monoisotopic (exact) mass is 312 g/mol. The highest BCUT2D eigenvalue weighted by atomic mass is 17.5. The first-order valence-electron chi connectivity index (χ1n) is 8.62. The van der Waals surface area contributed by atoms with Crippen LogP contribution in [0.25, 0.3) is 0 Å². The van der Waals surface area contributed by atoms with Gasteiger partial charge in [-0.25, -0.2) is 10.1 Å². The predicted octanol–water partition coefficient (Wildman–Crippen LogP) is 5.75. The third-order valence-electron chi connectivity index (χ3n) is 3.44. The van der Waals surface area contributed by atoms with Crippen molar-refractivity contribution in [3.8, 4) is 0 Å². The molecule has 1 N–H and O–H groups in total. The Morgan fingerprint density at radius 2 is 1.32 bits per heavy atom. The zero-order valence-electron chi connectivity index (χ0n) is 14.0. The molecule has 0 spiro atoms. The minimum Gasteiger partial charge on any atom is -0.269 e. The molecule has 0 aliphatic carbocycles. The van der Waals surface area contributed by atoms with E-state index in [9.17, 15) is 4.79 Å². The molecule has 0 saturated carbocycles. The number of hydrogen-bond donors (Lipinski definition) is 1. The van der Waals surface area contributed by atoms with Gasteiger partial charge in [-0.15, -0.1) is 0 Å².